The third kappa shape index (κ3) is 5.45. The molecule has 4 N–H and O–H groups in total. The Bertz CT molecular complexity index is 1390. The molecule has 2 saturated carbocycles. The largest absolute Gasteiger partial charge is 0.352 e. The minimum Gasteiger partial charge on any atom is -0.352 e. The molecule has 4 aromatic heterocycles. The van der Waals surface area contributed by atoms with Crippen molar-refractivity contribution in [2.75, 3.05) is 10.6 Å². The molecule has 2 aliphatic carbocycles. The molecule has 0 atom stereocenters. The van der Waals surface area contributed by atoms with E-state index in [1.165, 1.54) is 6.33 Å². The Morgan fingerprint density at radius 3 is 2.30 bits per heavy atom. The molecule has 2 amide bonds. The van der Waals surface area contributed by atoms with Gasteiger partial charge < -0.3 is 21.3 Å². The predicted octanol–water partition coefficient (Wildman–Crippen LogP) is 3.82. The highest BCUT2D eigenvalue weighted by molar-refractivity contribution is 5.75. The molecule has 4 aromatic rings. The molecule has 2 fully saturated rings. The van der Waals surface area contributed by atoms with Crippen LogP contribution in [0.25, 0.3) is 17.0 Å². The van der Waals surface area contributed by atoms with E-state index in [0.29, 0.717) is 12.0 Å². The van der Waals surface area contributed by atoms with Crippen molar-refractivity contribution < 1.29 is 4.79 Å². The van der Waals surface area contributed by atoms with Crippen molar-refractivity contribution >= 4 is 29.0 Å². The molecule has 11 heteroatoms. The van der Waals surface area contributed by atoms with Crippen LogP contribution in [-0.2, 0) is 0 Å². The van der Waals surface area contributed by atoms with Gasteiger partial charge in [-0.1, -0.05) is 0 Å². The fourth-order valence-corrected chi connectivity index (χ4v) is 4.74. The van der Waals surface area contributed by atoms with E-state index in [0.717, 1.165) is 72.5 Å². The van der Waals surface area contributed by atoms with E-state index >= 15 is 0 Å². The van der Waals surface area contributed by atoms with Crippen LogP contribution in [0.5, 0.6) is 0 Å². The molecular weight excluding hydrogens is 468 g/mol. The van der Waals surface area contributed by atoms with Crippen molar-refractivity contribution in [2.45, 2.75) is 63.6 Å². The molecule has 6 rings (SSSR count). The molecule has 190 valence electrons. The number of nitrogens with one attached hydrogen (secondary N) is 4. The Morgan fingerprint density at radius 1 is 0.865 bits per heavy atom. The molecule has 0 aliphatic heterocycles. The summed E-state index contributed by atoms with van der Waals surface area (Å²) in [5.41, 5.74) is 5.22. The number of hydrogen-bond donors (Lipinski definition) is 4. The van der Waals surface area contributed by atoms with Gasteiger partial charge in [-0.05, 0) is 63.1 Å². The van der Waals surface area contributed by atoms with Gasteiger partial charge in [0.05, 0.1) is 41.4 Å². The quantitative estimate of drug-likeness (QED) is 0.302. The topological polar surface area (TPSA) is 134 Å². The number of aryl methyl sites for hydroxylation is 1. The second-order valence-electron chi connectivity index (χ2n) is 9.85. The van der Waals surface area contributed by atoms with Crippen molar-refractivity contribution in [1.82, 2.24) is 40.0 Å². The van der Waals surface area contributed by atoms with E-state index in [9.17, 15) is 4.79 Å². The van der Waals surface area contributed by atoms with Gasteiger partial charge in [-0.15, -0.1) is 0 Å². The second-order valence-corrected chi connectivity index (χ2v) is 9.85. The highest BCUT2D eigenvalue weighted by Crippen LogP contribution is 2.27. The van der Waals surface area contributed by atoms with Crippen molar-refractivity contribution in [3.05, 3.63) is 55.0 Å². The van der Waals surface area contributed by atoms with Crippen LogP contribution < -0.4 is 21.3 Å². The Balaban J connectivity index is 1.14. The maximum Gasteiger partial charge on any atom is 0.315 e. The molecule has 0 unspecified atom stereocenters. The number of pyridine rings is 1. The Kier molecular flexibility index (Phi) is 6.25. The summed E-state index contributed by atoms with van der Waals surface area (Å²) in [6, 6.07) is 4.76. The molecule has 0 saturated heterocycles. The number of imidazole rings is 1. The number of hydrogen-bond acceptors (Lipinski definition) is 8. The second kappa shape index (κ2) is 10.00. The summed E-state index contributed by atoms with van der Waals surface area (Å²) in [5.74, 6) is 0.606. The molecule has 0 spiro atoms. The zero-order chi connectivity index (χ0) is 25.2. The number of aromatic nitrogens is 6. The van der Waals surface area contributed by atoms with Gasteiger partial charge in [0.15, 0.2) is 0 Å². The van der Waals surface area contributed by atoms with E-state index in [2.05, 4.69) is 41.2 Å². The van der Waals surface area contributed by atoms with Crippen LogP contribution in [0.1, 0.15) is 44.1 Å². The lowest BCUT2D eigenvalue weighted by atomic mass is 9.91. The van der Waals surface area contributed by atoms with Gasteiger partial charge in [0.1, 0.15) is 12.0 Å². The average molecular weight is 499 g/mol. The van der Waals surface area contributed by atoms with E-state index in [1.807, 2.05) is 42.0 Å². The molecule has 0 aromatic carbocycles. The summed E-state index contributed by atoms with van der Waals surface area (Å²) < 4.78 is 2.02. The van der Waals surface area contributed by atoms with Gasteiger partial charge in [0, 0.05) is 30.5 Å². The van der Waals surface area contributed by atoms with Crippen molar-refractivity contribution in [1.29, 1.82) is 0 Å². The molecule has 0 radical (unpaired) electrons. The smallest absolute Gasteiger partial charge is 0.315 e. The first-order chi connectivity index (χ1) is 18.1. The third-order valence-electron chi connectivity index (χ3n) is 6.88. The number of carbonyl (C=O) groups excluding carboxylic acids is 1. The van der Waals surface area contributed by atoms with Crippen LogP contribution in [0.15, 0.2) is 49.4 Å². The summed E-state index contributed by atoms with van der Waals surface area (Å²) in [5, 5.41) is 13.0. The Morgan fingerprint density at radius 2 is 1.57 bits per heavy atom. The summed E-state index contributed by atoms with van der Waals surface area (Å²) >= 11 is 0. The number of urea groups is 1. The predicted molar refractivity (Wildman–Crippen MR) is 141 cm³/mol. The first-order valence-corrected chi connectivity index (χ1v) is 12.8. The van der Waals surface area contributed by atoms with Crippen molar-refractivity contribution in [3.63, 3.8) is 0 Å². The average Bonchev–Trinajstić information content (AvgIpc) is 3.62. The number of nitrogens with zero attached hydrogens (tertiary/aromatic N) is 6. The molecule has 4 heterocycles. The third-order valence-corrected chi connectivity index (χ3v) is 6.88. The van der Waals surface area contributed by atoms with Crippen molar-refractivity contribution in [3.8, 4) is 11.4 Å². The number of anilines is 3. The van der Waals surface area contributed by atoms with E-state index in [4.69, 9.17) is 4.98 Å². The number of carbonyl (C=O) groups is 1. The van der Waals surface area contributed by atoms with Crippen LogP contribution in [-0.4, -0.2) is 53.5 Å². The fourth-order valence-electron chi connectivity index (χ4n) is 4.74. The lowest BCUT2D eigenvalue weighted by Crippen LogP contribution is -2.45. The van der Waals surface area contributed by atoms with Gasteiger partial charge in [-0.25, -0.2) is 29.7 Å². The van der Waals surface area contributed by atoms with Crippen LogP contribution in [0.2, 0.25) is 0 Å². The normalized spacial score (nSPS) is 19.4. The summed E-state index contributed by atoms with van der Waals surface area (Å²) in [6.45, 7) is 2.01. The van der Waals surface area contributed by atoms with Crippen LogP contribution in [0.4, 0.5) is 22.1 Å². The number of fused-ring (bicyclic) bond motifs is 1. The van der Waals surface area contributed by atoms with Gasteiger partial charge in [-0.2, -0.15) is 0 Å². The standard InChI is InChI=1S/C26H30N10O/c1-16-10-30-25(32-17-2-4-18(5-3-17)33-26(37)34-19-6-7-19)35-24(16)22-13-29-23-9-8-20(14-36(22)23)31-21-11-27-15-28-12-21/h8-15,17-19,31H,2-7H2,1H3,(H,30,32,35)(H2,33,34,37)/t17-,18-. The van der Waals surface area contributed by atoms with Crippen LogP contribution in [0, 0.1) is 6.92 Å². The lowest BCUT2D eigenvalue weighted by Gasteiger charge is -2.29. The Labute approximate surface area is 214 Å². The Hall–Kier alpha value is -4.28. The highest BCUT2D eigenvalue weighted by Gasteiger charge is 2.27. The molecule has 0 bridgehead atoms. The zero-order valence-corrected chi connectivity index (χ0v) is 20.7. The van der Waals surface area contributed by atoms with Crippen molar-refractivity contribution in [2.24, 2.45) is 0 Å². The summed E-state index contributed by atoms with van der Waals surface area (Å²) in [4.78, 5) is 34.2. The lowest BCUT2D eigenvalue weighted by molar-refractivity contribution is 0.231. The minimum atomic E-state index is -0.0334. The fraction of sp³-hybridized carbons (Fsp3) is 0.385. The monoisotopic (exact) mass is 498 g/mol. The van der Waals surface area contributed by atoms with Gasteiger partial charge in [0.25, 0.3) is 0 Å². The maximum absolute atomic E-state index is 12.0. The van der Waals surface area contributed by atoms with Gasteiger partial charge in [0.2, 0.25) is 5.95 Å². The van der Waals surface area contributed by atoms with E-state index < -0.39 is 0 Å². The molecule has 11 nitrogen and oxygen atoms in total. The molecule has 2 aliphatic rings. The zero-order valence-electron chi connectivity index (χ0n) is 20.7. The minimum absolute atomic E-state index is 0.0334. The first-order valence-electron chi connectivity index (χ1n) is 12.8. The van der Waals surface area contributed by atoms with E-state index in [1.54, 1.807) is 12.4 Å². The highest BCUT2D eigenvalue weighted by atomic mass is 16.2. The number of rotatable bonds is 7. The van der Waals surface area contributed by atoms with Gasteiger partial charge in [-0.3, -0.25) is 4.40 Å². The van der Waals surface area contributed by atoms with Crippen LogP contribution in [0.3, 0.4) is 0 Å². The van der Waals surface area contributed by atoms with Crippen LogP contribution >= 0.6 is 0 Å². The summed E-state index contributed by atoms with van der Waals surface area (Å²) in [7, 11) is 0. The SMILES string of the molecule is Cc1cnc(N[C@H]2CC[C@H](NC(=O)NC3CC3)CC2)nc1-c1cnc2ccc(Nc3cncnc3)cn12. The van der Waals surface area contributed by atoms with E-state index in [-0.39, 0.29) is 18.1 Å². The van der Waals surface area contributed by atoms with Gasteiger partial charge >= 0.3 is 6.03 Å². The maximum atomic E-state index is 12.0. The first kappa shape index (κ1) is 23.1. The number of amides is 2. The molecular formula is C26H30N10O. The summed E-state index contributed by atoms with van der Waals surface area (Å²) in [6.07, 6.45) is 16.6. The molecule has 37 heavy (non-hydrogen) atoms.